The number of nitrogens with one attached hydrogen (secondary N) is 1. The summed E-state index contributed by atoms with van der Waals surface area (Å²) >= 11 is 0. The number of hydrogen-bond acceptors (Lipinski definition) is 5. The van der Waals surface area contributed by atoms with Crippen LogP contribution in [0.1, 0.15) is 38.8 Å². The van der Waals surface area contributed by atoms with Gasteiger partial charge in [-0.15, -0.1) is 0 Å². The van der Waals surface area contributed by atoms with Crippen molar-refractivity contribution in [1.29, 1.82) is 0 Å². The first-order valence-electron chi connectivity index (χ1n) is 8.84. The summed E-state index contributed by atoms with van der Waals surface area (Å²) in [6.45, 7) is 13.3. The Kier molecular flexibility index (Phi) is 8.45. The minimum absolute atomic E-state index is 0.0679. The Morgan fingerprint density at radius 2 is 2.00 bits per heavy atom. The molecule has 1 aromatic carbocycles. The van der Waals surface area contributed by atoms with Gasteiger partial charge in [0.2, 0.25) is 5.90 Å². The Morgan fingerprint density at radius 3 is 2.52 bits per heavy atom. The summed E-state index contributed by atoms with van der Waals surface area (Å²) in [5, 5.41) is 2.84. The van der Waals surface area contributed by atoms with E-state index in [9.17, 15) is 4.79 Å². The number of allylic oxidation sites excluding steroid dienone is 1. The molecule has 0 aromatic heterocycles. The van der Waals surface area contributed by atoms with E-state index in [1.54, 1.807) is 13.8 Å². The van der Waals surface area contributed by atoms with Gasteiger partial charge in [-0.05, 0) is 46.2 Å². The van der Waals surface area contributed by atoms with Gasteiger partial charge in [0.25, 0.3) is 5.91 Å². The van der Waals surface area contributed by atoms with Crippen molar-refractivity contribution < 1.29 is 9.53 Å². The van der Waals surface area contributed by atoms with Crippen molar-refractivity contribution in [2.24, 2.45) is 15.7 Å². The topological polar surface area (TPSA) is 89.1 Å². The molecule has 0 aliphatic rings. The van der Waals surface area contributed by atoms with Gasteiger partial charge in [0, 0.05) is 18.0 Å². The Hall–Kier alpha value is -2.89. The number of carbonyl (C=O) groups excluding carboxylic acids is 1. The molecule has 1 atom stereocenters. The summed E-state index contributed by atoms with van der Waals surface area (Å²) in [5.74, 6) is 0.0162. The molecule has 0 heterocycles. The van der Waals surface area contributed by atoms with E-state index in [0.29, 0.717) is 22.9 Å². The van der Waals surface area contributed by atoms with Gasteiger partial charge in [-0.25, -0.2) is 4.99 Å². The summed E-state index contributed by atoms with van der Waals surface area (Å²) in [7, 11) is 1.51. The molecule has 0 radical (unpaired) electrons. The van der Waals surface area contributed by atoms with Crippen LogP contribution in [0, 0.1) is 6.92 Å². The van der Waals surface area contributed by atoms with Crippen LogP contribution in [0.3, 0.4) is 0 Å². The molecule has 6 nitrogen and oxygen atoms in total. The minimum Gasteiger partial charge on any atom is -0.483 e. The molecule has 1 unspecified atom stereocenters. The first-order valence-corrected chi connectivity index (χ1v) is 8.84. The fourth-order valence-electron chi connectivity index (χ4n) is 2.24. The molecule has 1 amide bonds. The van der Waals surface area contributed by atoms with Gasteiger partial charge in [-0.2, -0.15) is 0 Å². The number of methoxy groups -OCH3 is 1. The number of nitrogens with zero attached hydrogens (tertiary/aromatic N) is 2. The third-order valence-corrected chi connectivity index (χ3v) is 3.69. The van der Waals surface area contributed by atoms with Crippen LogP contribution in [0.4, 0.5) is 0 Å². The highest BCUT2D eigenvalue weighted by atomic mass is 16.5. The maximum absolute atomic E-state index is 12.6. The lowest BCUT2D eigenvalue weighted by Crippen LogP contribution is -2.40. The van der Waals surface area contributed by atoms with E-state index in [0.717, 1.165) is 11.1 Å². The van der Waals surface area contributed by atoms with E-state index < -0.39 is 6.04 Å². The average Bonchev–Trinajstić information content (AvgIpc) is 2.58. The normalized spacial score (nSPS) is 14.1. The van der Waals surface area contributed by atoms with Crippen LogP contribution in [-0.4, -0.2) is 37.2 Å². The predicted octanol–water partition coefficient (Wildman–Crippen LogP) is 3.23. The van der Waals surface area contributed by atoms with Crippen molar-refractivity contribution in [2.75, 3.05) is 7.11 Å². The molecule has 3 N–H and O–H groups in total. The molecule has 0 fully saturated rings. The molecule has 0 bridgehead atoms. The Morgan fingerprint density at radius 1 is 1.33 bits per heavy atom. The Balaban J connectivity index is 2.97. The van der Waals surface area contributed by atoms with E-state index in [-0.39, 0.29) is 11.9 Å². The molecule has 6 heteroatoms. The van der Waals surface area contributed by atoms with Crippen molar-refractivity contribution in [3.63, 3.8) is 0 Å². The molecule has 1 rings (SSSR count). The van der Waals surface area contributed by atoms with Crippen LogP contribution in [0.2, 0.25) is 0 Å². The molecule has 0 spiro atoms. The third-order valence-electron chi connectivity index (χ3n) is 3.69. The maximum atomic E-state index is 12.6. The van der Waals surface area contributed by atoms with Gasteiger partial charge in [0.05, 0.1) is 18.4 Å². The average molecular weight is 370 g/mol. The fraction of sp³-hybridized carbons (Fsp3) is 0.381. The lowest BCUT2D eigenvalue weighted by molar-refractivity contribution is -0.117. The second-order valence-corrected chi connectivity index (χ2v) is 6.63. The predicted molar refractivity (Wildman–Crippen MR) is 113 cm³/mol. The summed E-state index contributed by atoms with van der Waals surface area (Å²) in [4.78, 5) is 21.2. The first-order chi connectivity index (χ1) is 12.6. The molecule has 0 aliphatic heterocycles. The lowest BCUT2D eigenvalue weighted by atomic mass is 10.1. The van der Waals surface area contributed by atoms with Crippen molar-refractivity contribution >= 4 is 23.7 Å². The zero-order chi connectivity index (χ0) is 20.6. The van der Waals surface area contributed by atoms with Gasteiger partial charge in [0.1, 0.15) is 6.04 Å². The number of aryl methyl sites for hydroxylation is 1. The number of nitrogens with two attached hydrogens (primary N) is 1. The van der Waals surface area contributed by atoms with E-state index in [1.807, 2.05) is 45.0 Å². The zero-order valence-electron chi connectivity index (χ0n) is 17.0. The summed E-state index contributed by atoms with van der Waals surface area (Å²) in [6.07, 6.45) is 1.50. The first kappa shape index (κ1) is 22.2. The zero-order valence-corrected chi connectivity index (χ0v) is 17.0. The number of rotatable bonds is 7. The van der Waals surface area contributed by atoms with E-state index >= 15 is 0 Å². The Bertz CT molecular complexity index is 772. The van der Waals surface area contributed by atoms with Crippen LogP contribution in [-0.2, 0) is 9.53 Å². The van der Waals surface area contributed by atoms with Gasteiger partial charge >= 0.3 is 0 Å². The molecule has 0 aliphatic carbocycles. The van der Waals surface area contributed by atoms with Crippen LogP contribution >= 0.6 is 0 Å². The third kappa shape index (κ3) is 7.09. The van der Waals surface area contributed by atoms with Crippen LogP contribution in [0.5, 0.6) is 0 Å². The molecule has 27 heavy (non-hydrogen) atoms. The van der Waals surface area contributed by atoms with Crippen molar-refractivity contribution in [1.82, 2.24) is 5.32 Å². The monoisotopic (exact) mass is 370 g/mol. The van der Waals surface area contributed by atoms with E-state index in [2.05, 4.69) is 21.9 Å². The quantitative estimate of drug-likeness (QED) is 0.439. The van der Waals surface area contributed by atoms with Crippen LogP contribution in [0.25, 0.3) is 5.70 Å². The van der Waals surface area contributed by atoms with E-state index in [1.165, 1.54) is 13.3 Å². The fourth-order valence-corrected chi connectivity index (χ4v) is 2.24. The van der Waals surface area contributed by atoms with Gasteiger partial charge in [-0.3, -0.25) is 9.79 Å². The highest BCUT2D eigenvalue weighted by Gasteiger charge is 2.18. The van der Waals surface area contributed by atoms with Crippen molar-refractivity contribution in [3.05, 3.63) is 53.2 Å². The number of benzene rings is 1. The summed E-state index contributed by atoms with van der Waals surface area (Å²) in [6, 6.07) is 7.46. The maximum Gasteiger partial charge on any atom is 0.255 e. The molecular weight excluding hydrogens is 340 g/mol. The van der Waals surface area contributed by atoms with Gasteiger partial charge < -0.3 is 15.8 Å². The number of ether oxygens (including phenoxy) is 1. The van der Waals surface area contributed by atoms with Gasteiger partial charge in [0.15, 0.2) is 0 Å². The van der Waals surface area contributed by atoms with Crippen molar-refractivity contribution in [3.8, 4) is 0 Å². The number of carbonyl (C=O) groups is 1. The standard InChI is InChI=1S/C21H30N4O2/c1-13(2)23-12-19(15(4)22)20(26)24-17(6)21(27-7)25-16(5)18-10-8-9-14(3)11-18/h8-13,17H,5,22H2,1-4,6-7H3,(H,24,26). The smallest absolute Gasteiger partial charge is 0.255 e. The van der Waals surface area contributed by atoms with Crippen molar-refractivity contribution in [2.45, 2.75) is 46.7 Å². The molecule has 1 aromatic rings. The highest BCUT2D eigenvalue weighted by Crippen LogP contribution is 2.16. The SMILES string of the molecule is C=C(N=C(OC)C(C)NC(=O)C(C=NC(C)C)=C(C)N)c1cccc(C)c1. The number of amides is 1. The number of aliphatic imine (C=N–C) groups is 2. The highest BCUT2D eigenvalue weighted by molar-refractivity contribution is 6.13. The van der Waals surface area contributed by atoms with Crippen LogP contribution < -0.4 is 11.1 Å². The Labute approximate surface area is 161 Å². The molecule has 0 saturated carbocycles. The minimum atomic E-state index is -0.467. The second kappa shape index (κ2) is 10.3. The van der Waals surface area contributed by atoms with Gasteiger partial charge in [-0.1, -0.05) is 30.3 Å². The van der Waals surface area contributed by atoms with E-state index in [4.69, 9.17) is 10.5 Å². The molecule has 146 valence electrons. The second-order valence-electron chi connectivity index (χ2n) is 6.63. The van der Waals surface area contributed by atoms with Crippen LogP contribution in [0.15, 0.2) is 52.1 Å². The summed E-state index contributed by atoms with van der Waals surface area (Å²) < 4.78 is 5.37. The number of hydrogen-bond donors (Lipinski definition) is 2. The molecule has 0 saturated heterocycles. The molecular formula is C21H30N4O2. The largest absolute Gasteiger partial charge is 0.483 e. The lowest BCUT2D eigenvalue weighted by Gasteiger charge is -2.17. The summed E-state index contributed by atoms with van der Waals surface area (Å²) in [5.41, 5.74) is 9.11.